The molecule has 0 aliphatic heterocycles. The highest BCUT2D eigenvalue weighted by molar-refractivity contribution is 6.09. The third kappa shape index (κ3) is 2.80. The molecule has 0 saturated heterocycles. The number of rotatable bonds is 1. The van der Waals surface area contributed by atoms with Gasteiger partial charge >= 0.3 is 5.69 Å². The van der Waals surface area contributed by atoms with Crippen molar-refractivity contribution in [1.82, 2.24) is 9.13 Å². The zero-order chi connectivity index (χ0) is 21.1. The van der Waals surface area contributed by atoms with Gasteiger partial charge in [0.2, 0.25) is 0 Å². The van der Waals surface area contributed by atoms with Crippen molar-refractivity contribution >= 4 is 16.8 Å². The summed E-state index contributed by atoms with van der Waals surface area (Å²) in [6.07, 6.45) is 0.991. The van der Waals surface area contributed by atoms with Crippen LogP contribution >= 0.6 is 0 Å². The number of aromatic amines is 1. The fourth-order valence-corrected chi connectivity index (χ4v) is 4.20. The minimum atomic E-state index is -0.459. The van der Waals surface area contributed by atoms with Crippen LogP contribution in [0.3, 0.4) is 0 Å². The average molecular weight is 389 g/mol. The van der Waals surface area contributed by atoms with Crippen molar-refractivity contribution in [3.8, 4) is 17.2 Å². The largest absolute Gasteiger partial charge is 0.417 e. The van der Waals surface area contributed by atoms with Crippen molar-refractivity contribution in [1.29, 1.82) is 5.26 Å². The zero-order valence-electron chi connectivity index (χ0n) is 16.8. The lowest BCUT2D eigenvalue weighted by molar-refractivity contribution is -0.365. The smallest absolute Gasteiger partial charge is 0.294 e. The van der Waals surface area contributed by atoms with E-state index in [2.05, 4.69) is 11.1 Å². The first-order valence-electron chi connectivity index (χ1n) is 9.36. The summed E-state index contributed by atoms with van der Waals surface area (Å²) in [4.78, 5) is 42.0. The van der Waals surface area contributed by atoms with Crippen molar-refractivity contribution in [3.05, 3.63) is 61.9 Å². The molecule has 29 heavy (non-hydrogen) atoms. The maximum Gasteiger partial charge on any atom is 0.417 e. The van der Waals surface area contributed by atoms with Gasteiger partial charge in [-0.1, -0.05) is 26.0 Å². The van der Waals surface area contributed by atoms with E-state index in [-0.39, 0.29) is 11.2 Å². The van der Waals surface area contributed by atoms with Crippen LogP contribution in [0, 0.1) is 16.7 Å². The number of fused-ring (bicyclic) bond motifs is 2. The number of pyridine rings is 1. The molecule has 1 aliphatic carbocycles. The van der Waals surface area contributed by atoms with E-state index in [1.54, 1.807) is 31.3 Å². The van der Waals surface area contributed by atoms with Crippen LogP contribution in [-0.2, 0) is 20.5 Å². The molecule has 0 saturated carbocycles. The number of nitrogens with one attached hydrogen (secondary N) is 1. The number of aryl methyl sites for hydroxylation is 1. The van der Waals surface area contributed by atoms with Crippen molar-refractivity contribution in [2.45, 2.75) is 26.7 Å². The van der Waals surface area contributed by atoms with Crippen LogP contribution in [0.5, 0.6) is 0 Å². The van der Waals surface area contributed by atoms with Gasteiger partial charge in [0.1, 0.15) is 11.1 Å². The molecule has 0 unspecified atom stereocenters. The molecule has 1 aliphatic rings. The van der Waals surface area contributed by atoms with Gasteiger partial charge in [-0.25, -0.2) is 14.3 Å². The first kappa shape index (κ1) is 18.8. The van der Waals surface area contributed by atoms with Crippen LogP contribution < -0.4 is 16.2 Å². The molecule has 146 valence electrons. The Morgan fingerprint density at radius 1 is 1.00 bits per heavy atom. The molecule has 0 radical (unpaired) electrons. The normalized spacial score (nSPS) is 15.2. The Labute approximate surface area is 166 Å². The molecular formula is C22H21N4O3+. The maximum absolute atomic E-state index is 13.2. The number of hydrogen-bond acceptors (Lipinski definition) is 4. The van der Waals surface area contributed by atoms with Gasteiger partial charge in [0.25, 0.3) is 11.2 Å². The Morgan fingerprint density at radius 2 is 1.66 bits per heavy atom. The lowest BCUT2D eigenvalue weighted by atomic mass is 9.73. The van der Waals surface area contributed by atoms with Crippen molar-refractivity contribution in [3.63, 3.8) is 0 Å². The molecule has 0 atom stereocenters. The summed E-state index contributed by atoms with van der Waals surface area (Å²) in [6.45, 7) is 4.05. The number of Topliss-reactive ketones (excluding diaryl/α,β-unsaturated/α-hetero) is 1. The Balaban J connectivity index is 2.23. The Hall–Kier alpha value is -3.53. The molecular weight excluding hydrogens is 368 g/mol. The predicted molar refractivity (Wildman–Crippen MR) is 108 cm³/mol. The van der Waals surface area contributed by atoms with E-state index in [0.29, 0.717) is 46.1 Å². The number of ketones is 1. The lowest BCUT2D eigenvalue weighted by Crippen LogP contribution is -2.42. The van der Waals surface area contributed by atoms with Crippen LogP contribution in [0.25, 0.3) is 22.2 Å². The molecule has 1 N–H and O–H groups in total. The Morgan fingerprint density at radius 3 is 2.28 bits per heavy atom. The fraction of sp³-hybridized carbons (Fsp3) is 0.318. The van der Waals surface area contributed by atoms with Gasteiger partial charge in [-0.05, 0) is 23.1 Å². The summed E-state index contributed by atoms with van der Waals surface area (Å²) in [7, 11) is 3.03. The second-order valence-electron chi connectivity index (χ2n) is 8.41. The zero-order valence-corrected chi connectivity index (χ0v) is 16.8. The van der Waals surface area contributed by atoms with E-state index in [1.165, 1.54) is 11.6 Å². The maximum atomic E-state index is 13.2. The van der Waals surface area contributed by atoms with E-state index in [9.17, 15) is 14.4 Å². The molecule has 0 bridgehead atoms. The standard InChI is InChI=1S/C22H20N4O3/c1-22(2)9-14-17(15(27)10-22)16(13-7-5-12(11-23)6-8-13)18-19(24-14)25(3)21(29)26(4)20(18)28/h5-8H,9-10H2,1-4H3/p+1. The molecule has 2 heterocycles. The fourth-order valence-electron chi connectivity index (χ4n) is 4.20. The molecule has 7 heteroatoms. The molecule has 0 spiro atoms. The van der Waals surface area contributed by atoms with Crippen LogP contribution in [0.15, 0.2) is 33.9 Å². The SMILES string of the molecule is Cn1c(=O)c2c(-c3ccc(C#N)cc3)c3c([nH+]c2n(C)c1=O)CC(C)(C)CC3=O. The lowest BCUT2D eigenvalue weighted by Gasteiger charge is -2.29. The van der Waals surface area contributed by atoms with Gasteiger partial charge in [-0.3, -0.25) is 9.59 Å². The molecule has 0 amide bonds. The van der Waals surface area contributed by atoms with E-state index >= 15 is 0 Å². The van der Waals surface area contributed by atoms with Gasteiger partial charge in [-0.15, -0.1) is 0 Å². The third-order valence-electron chi connectivity index (χ3n) is 5.61. The van der Waals surface area contributed by atoms with Crippen LogP contribution in [0.2, 0.25) is 0 Å². The number of H-pyrrole nitrogens is 1. The average Bonchev–Trinajstić information content (AvgIpc) is 2.68. The van der Waals surface area contributed by atoms with E-state index in [4.69, 9.17) is 5.26 Å². The van der Waals surface area contributed by atoms with Crippen molar-refractivity contribution in [2.24, 2.45) is 19.5 Å². The van der Waals surface area contributed by atoms with Gasteiger partial charge in [0.05, 0.1) is 24.2 Å². The predicted octanol–water partition coefficient (Wildman–Crippen LogP) is 1.75. The summed E-state index contributed by atoms with van der Waals surface area (Å²) in [5.74, 6) is -0.0373. The monoisotopic (exact) mass is 389 g/mol. The minimum Gasteiger partial charge on any atom is -0.294 e. The number of aromatic nitrogens is 3. The molecule has 4 rings (SSSR count). The summed E-state index contributed by atoms with van der Waals surface area (Å²) in [5.41, 5.74) is 2.17. The van der Waals surface area contributed by atoms with Gasteiger partial charge in [0.15, 0.2) is 5.78 Å². The topological polar surface area (TPSA) is 99.0 Å². The molecule has 0 fully saturated rings. The highest BCUT2D eigenvalue weighted by Gasteiger charge is 2.38. The van der Waals surface area contributed by atoms with Crippen molar-refractivity contribution < 1.29 is 9.78 Å². The quantitative estimate of drug-likeness (QED) is 0.633. The van der Waals surface area contributed by atoms with Crippen LogP contribution in [0.1, 0.15) is 41.9 Å². The molecule has 2 aromatic heterocycles. The first-order chi connectivity index (χ1) is 13.6. The number of hydrogen-bond donors (Lipinski definition) is 0. The number of nitriles is 1. The molecule has 7 nitrogen and oxygen atoms in total. The Bertz CT molecular complexity index is 1350. The summed E-state index contributed by atoms with van der Waals surface area (Å²) < 4.78 is 2.45. The second-order valence-corrected chi connectivity index (χ2v) is 8.41. The molecule has 1 aromatic carbocycles. The van der Waals surface area contributed by atoms with Gasteiger partial charge < -0.3 is 0 Å². The van der Waals surface area contributed by atoms with Crippen LogP contribution in [0.4, 0.5) is 0 Å². The molecule has 3 aromatic rings. The number of carbonyl (C=O) groups excluding carboxylic acids is 1. The van der Waals surface area contributed by atoms with Gasteiger partial charge in [0, 0.05) is 25.5 Å². The van der Waals surface area contributed by atoms with E-state index in [0.717, 1.165) is 10.3 Å². The number of benzene rings is 1. The van der Waals surface area contributed by atoms with E-state index in [1.807, 2.05) is 13.8 Å². The number of carbonyl (C=O) groups is 1. The first-order valence-corrected chi connectivity index (χ1v) is 9.36. The second kappa shape index (κ2) is 6.24. The highest BCUT2D eigenvalue weighted by Crippen LogP contribution is 2.39. The van der Waals surface area contributed by atoms with Gasteiger partial charge in [-0.2, -0.15) is 9.83 Å². The van der Waals surface area contributed by atoms with Crippen LogP contribution in [-0.4, -0.2) is 14.9 Å². The summed E-state index contributed by atoms with van der Waals surface area (Å²) in [6, 6.07) is 8.88. The summed E-state index contributed by atoms with van der Waals surface area (Å²) >= 11 is 0. The van der Waals surface area contributed by atoms with Crippen molar-refractivity contribution in [2.75, 3.05) is 0 Å². The summed E-state index contributed by atoms with van der Waals surface area (Å²) in [5, 5.41) is 9.41. The van der Waals surface area contributed by atoms with E-state index < -0.39 is 11.2 Å². The third-order valence-corrected chi connectivity index (χ3v) is 5.61. The number of nitrogens with zero attached hydrogens (tertiary/aromatic N) is 3. The minimum absolute atomic E-state index is 0.0373. The Kier molecular flexibility index (Phi) is 4.05. The highest BCUT2D eigenvalue weighted by atomic mass is 16.2.